The lowest BCUT2D eigenvalue weighted by atomic mass is 10.0. The number of nitrogens with one attached hydrogen (secondary N) is 1. The van der Waals surface area contributed by atoms with Crippen molar-refractivity contribution in [3.05, 3.63) is 71.3 Å². The van der Waals surface area contributed by atoms with Crippen molar-refractivity contribution in [2.45, 2.75) is 25.4 Å². The van der Waals surface area contributed by atoms with Crippen molar-refractivity contribution < 1.29 is 19.1 Å². The highest BCUT2D eigenvalue weighted by molar-refractivity contribution is 6.39. The second-order valence-electron chi connectivity index (χ2n) is 6.24. The van der Waals surface area contributed by atoms with Gasteiger partial charge in [-0.2, -0.15) is 0 Å². The number of carbonyl (C=O) groups is 1. The van der Waals surface area contributed by atoms with Gasteiger partial charge >= 0.3 is 0 Å². The predicted octanol–water partition coefficient (Wildman–Crippen LogP) is 2.87. The molecule has 2 aromatic rings. The zero-order valence-corrected chi connectivity index (χ0v) is 14.3. The summed E-state index contributed by atoms with van der Waals surface area (Å²) >= 11 is 0. The molecular weight excluding hydrogens is 332 g/mol. The molecule has 6 nitrogen and oxygen atoms in total. The van der Waals surface area contributed by atoms with Gasteiger partial charge in [-0.3, -0.25) is 4.79 Å². The van der Waals surface area contributed by atoms with Crippen molar-refractivity contribution in [2.75, 3.05) is 13.2 Å². The zero-order valence-electron chi connectivity index (χ0n) is 14.3. The minimum absolute atomic E-state index is 0.192. The number of ether oxygens (including phenoxy) is 2. The van der Waals surface area contributed by atoms with Crippen LogP contribution in [0.4, 0.5) is 0 Å². The van der Waals surface area contributed by atoms with Gasteiger partial charge < -0.3 is 19.6 Å². The number of hydrogen-bond acceptors (Lipinski definition) is 5. The second-order valence-corrected chi connectivity index (χ2v) is 6.24. The number of oxime groups is 1. The Morgan fingerprint density at radius 1 is 1.00 bits per heavy atom. The van der Waals surface area contributed by atoms with Crippen LogP contribution in [-0.2, 0) is 25.7 Å². The number of nitrogens with zero attached hydrogens (tertiary/aromatic N) is 1. The van der Waals surface area contributed by atoms with Crippen molar-refractivity contribution in [3.63, 3.8) is 0 Å². The summed E-state index contributed by atoms with van der Waals surface area (Å²) in [4.78, 5) is 17.7. The van der Waals surface area contributed by atoms with Gasteiger partial charge in [-0.15, -0.1) is 0 Å². The summed E-state index contributed by atoms with van der Waals surface area (Å²) in [6.07, 6.45) is 0.00621. The van der Waals surface area contributed by atoms with Crippen LogP contribution in [0.25, 0.3) is 0 Å². The largest absolute Gasteiger partial charge is 0.387 e. The van der Waals surface area contributed by atoms with E-state index in [2.05, 4.69) is 10.5 Å². The lowest BCUT2D eigenvalue weighted by Gasteiger charge is -2.10. The Balaban J connectivity index is 1.29. The zero-order chi connectivity index (χ0) is 17.8. The molecule has 0 unspecified atom stereocenters. The third kappa shape index (κ3) is 3.76. The van der Waals surface area contributed by atoms with Gasteiger partial charge in [0.15, 0.2) is 12.4 Å². The predicted molar refractivity (Wildman–Crippen MR) is 95.3 cm³/mol. The topological polar surface area (TPSA) is 69.2 Å². The maximum atomic E-state index is 12.3. The van der Waals surface area contributed by atoms with Crippen LogP contribution in [0.2, 0.25) is 0 Å². The molecule has 1 atom stereocenters. The first-order valence-corrected chi connectivity index (χ1v) is 8.67. The van der Waals surface area contributed by atoms with Gasteiger partial charge in [-0.05, 0) is 11.1 Å². The fourth-order valence-corrected chi connectivity index (χ4v) is 2.99. The maximum Gasteiger partial charge on any atom is 0.269 e. The third-order valence-electron chi connectivity index (χ3n) is 4.43. The molecule has 2 heterocycles. The molecule has 26 heavy (non-hydrogen) atoms. The first-order chi connectivity index (χ1) is 12.8. The van der Waals surface area contributed by atoms with E-state index in [9.17, 15) is 4.79 Å². The molecule has 1 saturated heterocycles. The number of hydrogen-bond donors (Lipinski definition) is 1. The smallest absolute Gasteiger partial charge is 0.269 e. The molecule has 0 bridgehead atoms. The van der Waals surface area contributed by atoms with Crippen LogP contribution >= 0.6 is 0 Å². The fourth-order valence-electron chi connectivity index (χ4n) is 2.99. The van der Waals surface area contributed by atoms with Crippen molar-refractivity contribution in [2.24, 2.45) is 5.16 Å². The lowest BCUT2D eigenvalue weighted by Crippen LogP contribution is -2.29. The van der Waals surface area contributed by atoms with E-state index >= 15 is 0 Å². The molecular formula is C20H20N2O4. The molecule has 0 spiro atoms. The summed E-state index contributed by atoms with van der Waals surface area (Å²) in [7, 11) is 0. The molecule has 0 saturated carbocycles. The van der Waals surface area contributed by atoms with E-state index in [0.717, 1.165) is 16.7 Å². The Morgan fingerprint density at radius 3 is 2.46 bits per heavy atom. The van der Waals surface area contributed by atoms with Crippen LogP contribution in [-0.4, -0.2) is 24.8 Å². The lowest BCUT2D eigenvalue weighted by molar-refractivity contribution is -0.115. The third-order valence-corrected chi connectivity index (χ3v) is 4.43. The Morgan fingerprint density at radius 2 is 1.73 bits per heavy atom. The van der Waals surface area contributed by atoms with E-state index < -0.39 is 0 Å². The fraction of sp³-hybridized carbons (Fsp3) is 0.300. The Hall–Kier alpha value is -2.70. The normalized spacial score (nSPS) is 19.8. The van der Waals surface area contributed by atoms with Gasteiger partial charge in [0.25, 0.3) is 5.91 Å². The summed E-state index contributed by atoms with van der Waals surface area (Å²) in [6.45, 7) is 1.67. The SMILES string of the molecule is O=C(NCc1ccc(C2OCCO2)cc1)C1=NO[C@@H](c2ccccc2)C1. The highest BCUT2D eigenvalue weighted by Crippen LogP contribution is 2.27. The van der Waals surface area contributed by atoms with Gasteiger partial charge in [0.1, 0.15) is 5.71 Å². The summed E-state index contributed by atoms with van der Waals surface area (Å²) in [6, 6.07) is 17.6. The Kier molecular flexibility index (Phi) is 4.95. The summed E-state index contributed by atoms with van der Waals surface area (Å²) in [5.41, 5.74) is 3.42. The van der Waals surface area contributed by atoms with Gasteiger partial charge in [-0.25, -0.2) is 0 Å². The summed E-state index contributed by atoms with van der Waals surface area (Å²) in [5.74, 6) is -0.199. The molecule has 4 rings (SSSR count). The van der Waals surface area contributed by atoms with E-state index in [4.69, 9.17) is 14.3 Å². The summed E-state index contributed by atoms with van der Waals surface area (Å²) < 4.78 is 10.9. The Bertz CT molecular complexity index is 783. The van der Waals surface area contributed by atoms with Crippen LogP contribution < -0.4 is 5.32 Å². The molecule has 0 aliphatic carbocycles. The second kappa shape index (κ2) is 7.68. The molecule has 0 aromatic heterocycles. The molecule has 1 amide bonds. The van der Waals surface area contributed by atoms with Crippen molar-refractivity contribution in [1.29, 1.82) is 0 Å². The minimum Gasteiger partial charge on any atom is -0.387 e. The molecule has 0 radical (unpaired) electrons. The van der Waals surface area contributed by atoms with E-state index in [1.807, 2.05) is 54.6 Å². The quantitative estimate of drug-likeness (QED) is 0.898. The van der Waals surface area contributed by atoms with Gasteiger partial charge in [0.2, 0.25) is 0 Å². The van der Waals surface area contributed by atoms with E-state index in [1.54, 1.807) is 0 Å². The average Bonchev–Trinajstić information content (AvgIpc) is 3.39. The van der Waals surface area contributed by atoms with Crippen LogP contribution in [0.3, 0.4) is 0 Å². The van der Waals surface area contributed by atoms with Crippen molar-refractivity contribution >= 4 is 11.6 Å². The molecule has 2 aliphatic rings. The monoisotopic (exact) mass is 352 g/mol. The van der Waals surface area contributed by atoms with E-state index in [0.29, 0.717) is 31.9 Å². The molecule has 2 aliphatic heterocycles. The number of amides is 1. The molecule has 1 N–H and O–H groups in total. The molecule has 134 valence electrons. The molecule has 2 aromatic carbocycles. The Labute approximate surface area is 151 Å². The number of carbonyl (C=O) groups excluding carboxylic acids is 1. The van der Waals surface area contributed by atoms with Crippen molar-refractivity contribution in [3.8, 4) is 0 Å². The number of rotatable bonds is 5. The van der Waals surface area contributed by atoms with E-state index in [-0.39, 0.29) is 18.3 Å². The van der Waals surface area contributed by atoms with Crippen LogP contribution in [0, 0.1) is 0 Å². The summed E-state index contributed by atoms with van der Waals surface area (Å²) in [5, 5.41) is 6.83. The maximum absolute atomic E-state index is 12.3. The average molecular weight is 352 g/mol. The van der Waals surface area contributed by atoms with Gasteiger partial charge in [0, 0.05) is 18.5 Å². The van der Waals surface area contributed by atoms with Gasteiger partial charge in [0.05, 0.1) is 13.2 Å². The first-order valence-electron chi connectivity index (χ1n) is 8.67. The van der Waals surface area contributed by atoms with E-state index in [1.165, 1.54) is 0 Å². The molecule has 1 fully saturated rings. The van der Waals surface area contributed by atoms with Crippen molar-refractivity contribution in [1.82, 2.24) is 5.32 Å². The number of benzene rings is 2. The highest BCUT2D eigenvalue weighted by Gasteiger charge is 2.27. The highest BCUT2D eigenvalue weighted by atomic mass is 16.7. The first kappa shape index (κ1) is 16.8. The van der Waals surface area contributed by atoms with Gasteiger partial charge in [-0.1, -0.05) is 59.8 Å². The van der Waals surface area contributed by atoms with Crippen LogP contribution in [0.15, 0.2) is 59.8 Å². The standard InChI is InChI=1S/C20H20N2O4/c23-19(17-12-18(26-22-17)15-4-2-1-3-5-15)21-13-14-6-8-16(9-7-14)20-24-10-11-25-20/h1-9,18,20H,10-13H2,(H,21,23)/t18-/m1/s1. The molecule has 6 heteroatoms. The minimum atomic E-state index is -0.279. The van der Waals surface area contributed by atoms with Crippen LogP contribution in [0.5, 0.6) is 0 Å². The van der Waals surface area contributed by atoms with Crippen LogP contribution in [0.1, 0.15) is 35.5 Å².